The molecule has 6 rings (SSSR count). The molecular formula is C35H42N6O4S. The van der Waals surface area contributed by atoms with Gasteiger partial charge in [0.15, 0.2) is 0 Å². The summed E-state index contributed by atoms with van der Waals surface area (Å²) in [5.41, 5.74) is 2.30. The number of aliphatic hydroxyl groups excluding tert-OH is 1. The number of unbranched alkanes of at least 4 members (excludes halogenated alkanes) is 2. The lowest BCUT2D eigenvalue weighted by molar-refractivity contribution is -0.143. The minimum Gasteiger partial charge on any atom is -0.396 e. The van der Waals surface area contributed by atoms with Gasteiger partial charge in [-0.2, -0.15) is 0 Å². The second-order valence-electron chi connectivity index (χ2n) is 12.5. The topological polar surface area (TPSA) is 112 Å². The molecule has 0 saturated carbocycles. The summed E-state index contributed by atoms with van der Waals surface area (Å²) in [7, 11) is 0. The molecule has 3 saturated heterocycles. The molecule has 11 heteroatoms. The lowest BCUT2D eigenvalue weighted by Crippen LogP contribution is -2.57. The first kappa shape index (κ1) is 32.0. The Bertz CT molecular complexity index is 1610. The van der Waals surface area contributed by atoms with Gasteiger partial charge in [0.1, 0.15) is 18.2 Å². The average molecular weight is 643 g/mol. The van der Waals surface area contributed by atoms with Crippen LogP contribution in [0.25, 0.3) is 11.0 Å². The molecule has 1 N–H and O–H groups in total. The van der Waals surface area contributed by atoms with E-state index in [1.807, 2.05) is 54.6 Å². The molecule has 1 spiro atoms. The van der Waals surface area contributed by atoms with Crippen molar-refractivity contribution in [1.82, 2.24) is 24.8 Å². The normalized spacial score (nSPS) is 26.3. The predicted molar refractivity (Wildman–Crippen MR) is 180 cm³/mol. The van der Waals surface area contributed by atoms with Crippen molar-refractivity contribution < 1.29 is 19.5 Å². The Kier molecular flexibility index (Phi) is 9.33. The quantitative estimate of drug-likeness (QED) is 0.208. The van der Waals surface area contributed by atoms with Crippen LogP contribution in [-0.2, 0) is 21.1 Å². The predicted octanol–water partition coefficient (Wildman–Crippen LogP) is 4.12. The van der Waals surface area contributed by atoms with Gasteiger partial charge in [0.2, 0.25) is 17.7 Å². The number of carbonyl (C=O) groups is 3. The van der Waals surface area contributed by atoms with Crippen LogP contribution in [0.4, 0.5) is 5.69 Å². The lowest BCUT2D eigenvalue weighted by atomic mass is 9.65. The number of benzene rings is 2. The molecule has 3 aromatic rings. The first-order chi connectivity index (χ1) is 22.4. The number of hydrogen-bond donors (Lipinski definition) is 1. The van der Waals surface area contributed by atoms with Crippen molar-refractivity contribution in [3.63, 3.8) is 0 Å². The van der Waals surface area contributed by atoms with Gasteiger partial charge in [-0.15, -0.1) is 30.0 Å². The highest BCUT2D eigenvalue weighted by Crippen LogP contribution is 2.69. The van der Waals surface area contributed by atoms with Crippen LogP contribution in [-0.4, -0.2) is 89.9 Å². The molecule has 4 heterocycles. The molecule has 3 aliphatic heterocycles. The Morgan fingerprint density at radius 1 is 1.04 bits per heavy atom. The maximum Gasteiger partial charge on any atom is 0.248 e. The third-order valence-corrected chi connectivity index (χ3v) is 11.9. The Morgan fingerprint density at radius 3 is 2.52 bits per heavy atom. The number of para-hydroxylation sites is 2. The van der Waals surface area contributed by atoms with Gasteiger partial charge in [-0.1, -0.05) is 54.6 Å². The van der Waals surface area contributed by atoms with Crippen molar-refractivity contribution in [3.8, 4) is 0 Å². The van der Waals surface area contributed by atoms with Crippen LogP contribution in [0.3, 0.4) is 0 Å². The van der Waals surface area contributed by atoms with Crippen LogP contribution in [0.1, 0.15) is 32.6 Å². The molecule has 0 aliphatic carbocycles. The standard InChI is InChI=1S/C35H42N6O4S/c1-4-18-38(23-41-27-17-11-10-16-26(27)36-37-41)34(45)31-35-24(3)22-28(46-35)29(30(35)33(44)40(31)20-12-7-13-21-42)32(43)39(19-5-2)25-14-8-6-9-15-25/h4-6,8-11,14-17,24,28-31,42H,1-2,7,12-13,18-23H2,3H3/t24?,28-,29+,30-,31?,35?/m0/s1. The van der Waals surface area contributed by atoms with Crippen molar-refractivity contribution in [2.45, 2.75) is 55.3 Å². The van der Waals surface area contributed by atoms with E-state index in [4.69, 9.17) is 0 Å². The van der Waals surface area contributed by atoms with Crippen molar-refractivity contribution in [1.29, 1.82) is 0 Å². The number of amides is 3. The van der Waals surface area contributed by atoms with Gasteiger partial charge < -0.3 is 19.8 Å². The summed E-state index contributed by atoms with van der Waals surface area (Å²) in [4.78, 5) is 49.3. The number of aromatic nitrogens is 3. The summed E-state index contributed by atoms with van der Waals surface area (Å²) in [6, 6.07) is 16.4. The van der Waals surface area contributed by atoms with E-state index < -0.39 is 22.6 Å². The number of carbonyl (C=O) groups excluding carboxylic acids is 3. The third kappa shape index (κ3) is 5.33. The van der Waals surface area contributed by atoms with Crippen molar-refractivity contribution in [3.05, 3.63) is 79.9 Å². The maximum absolute atomic E-state index is 14.9. The molecule has 46 heavy (non-hydrogen) atoms. The highest BCUT2D eigenvalue weighted by molar-refractivity contribution is 8.02. The molecule has 10 nitrogen and oxygen atoms in total. The van der Waals surface area contributed by atoms with Gasteiger partial charge in [0.25, 0.3) is 0 Å². The van der Waals surface area contributed by atoms with Crippen molar-refractivity contribution in [2.75, 3.05) is 31.1 Å². The number of likely N-dealkylation sites (tertiary alicyclic amines) is 1. The number of anilines is 1. The average Bonchev–Trinajstić information content (AvgIpc) is 3.79. The summed E-state index contributed by atoms with van der Waals surface area (Å²) in [6.07, 6.45) is 6.16. The van der Waals surface area contributed by atoms with Gasteiger partial charge in [0, 0.05) is 37.2 Å². The molecule has 3 unspecified atom stereocenters. The van der Waals surface area contributed by atoms with Gasteiger partial charge in [-0.3, -0.25) is 14.4 Å². The largest absolute Gasteiger partial charge is 0.396 e. The fourth-order valence-electron chi connectivity index (χ4n) is 7.86. The van der Waals surface area contributed by atoms with E-state index >= 15 is 0 Å². The number of aliphatic hydroxyl groups is 1. The van der Waals surface area contributed by atoms with E-state index in [9.17, 15) is 19.5 Å². The van der Waals surface area contributed by atoms with Crippen molar-refractivity contribution >= 4 is 46.2 Å². The number of fused-ring (bicyclic) bond motifs is 2. The number of thioether (sulfide) groups is 1. The second kappa shape index (κ2) is 13.4. The highest BCUT2D eigenvalue weighted by Gasteiger charge is 2.76. The van der Waals surface area contributed by atoms with Gasteiger partial charge in [0.05, 0.1) is 22.1 Å². The Morgan fingerprint density at radius 2 is 1.78 bits per heavy atom. The molecule has 3 fully saturated rings. The second-order valence-corrected chi connectivity index (χ2v) is 14.1. The smallest absolute Gasteiger partial charge is 0.248 e. The van der Waals surface area contributed by atoms with Crippen LogP contribution >= 0.6 is 11.8 Å². The highest BCUT2D eigenvalue weighted by atomic mass is 32.2. The first-order valence-corrected chi connectivity index (χ1v) is 17.0. The van der Waals surface area contributed by atoms with E-state index in [1.54, 1.807) is 43.3 Å². The molecule has 1 aromatic heterocycles. The summed E-state index contributed by atoms with van der Waals surface area (Å²) < 4.78 is 0.951. The maximum atomic E-state index is 14.9. The van der Waals surface area contributed by atoms with Gasteiger partial charge >= 0.3 is 0 Å². The van der Waals surface area contributed by atoms with Crippen LogP contribution in [0.5, 0.6) is 0 Å². The molecule has 3 aliphatic rings. The summed E-state index contributed by atoms with van der Waals surface area (Å²) in [5.74, 6) is -1.53. The number of hydrogen-bond acceptors (Lipinski definition) is 7. The summed E-state index contributed by atoms with van der Waals surface area (Å²) in [6.45, 7) is 11.2. The van der Waals surface area contributed by atoms with E-state index in [0.717, 1.165) is 29.6 Å². The summed E-state index contributed by atoms with van der Waals surface area (Å²) in [5, 5.41) is 17.9. The minimum absolute atomic E-state index is 0.0410. The molecule has 0 radical (unpaired) electrons. The Hall–Kier alpha value is -3.96. The molecule has 3 amide bonds. The molecule has 2 bridgehead atoms. The van der Waals surface area contributed by atoms with E-state index in [2.05, 4.69) is 30.4 Å². The van der Waals surface area contributed by atoms with Crippen LogP contribution in [0.2, 0.25) is 0 Å². The summed E-state index contributed by atoms with van der Waals surface area (Å²) >= 11 is 1.67. The van der Waals surface area contributed by atoms with E-state index in [-0.39, 0.29) is 48.7 Å². The third-order valence-electron chi connectivity index (χ3n) is 9.85. The number of nitrogens with zero attached hydrogens (tertiary/aromatic N) is 6. The zero-order valence-electron chi connectivity index (χ0n) is 26.3. The van der Waals surface area contributed by atoms with E-state index in [0.29, 0.717) is 25.9 Å². The number of rotatable bonds is 14. The molecular weight excluding hydrogens is 600 g/mol. The van der Waals surface area contributed by atoms with Gasteiger partial charge in [-0.05, 0) is 55.9 Å². The molecule has 6 atom stereocenters. The van der Waals surface area contributed by atoms with Gasteiger partial charge in [-0.25, -0.2) is 4.68 Å². The Balaban J connectivity index is 1.38. The van der Waals surface area contributed by atoms with Crippen LogP contribution in [0.15, 0.2) is 79.9 Å². The zero-order valence-corrected chi connectivity index (χ0v) is 27.1. The molecule has 2 aromatic carbocycles. The lowest BCUT2D eigenvalue weighted by Gasteiger charge is -2.41. The monoisotopic (exact) mass is 642 g/mol. The van der Waals surface area contributed by atoms with Crippen LogP contribution < -0.4 is 4.90 Å². The fourth-order valence-corrected chi connectivity index (χ4v) is 10.3. The first-order valence-electron chi connectivity index (χ1n) is 16.1. The zero-order chi connectivity index (χ0) is 32.4. The molecule has 242 valence electrons. The SMILES string of the molecule is C=CCN(Cn1nnc2ccccc21)C(=O)C1N(CCCCCO)C(=O)[C@@H]2[C@H](C(=O)N(CC=C)c3ccccc3)[C@@H]3CC(C)C12S3. The van der Waals surface area contributed by atoms with E-state index in [1.165, 1.54) is 0 Å². The fraction of sp³-hybridized carbons (Fsp3) is 0.457. The van der Waals surface area contributed by atoms with Crippen LogP contribution in [0, 0.1) is 17.8 Å². The minimum atomic E-state index is -0.753. The Labute approximate surface area is 274 Å². The van der Waals surface area contributed by atoms with Crippen molar-refractivity contribution in [2.24, 2.45) is 17.8 Å².